The maximum atomic E-state index is 9.42. The first-order valence-corrected chi connectivity index (χ1v) is 13.2. The zero-order valence-electron chi connectivity index (χ0n) is 23.9. The van der Waals surface area contributed by atoms with Crippen LogP contribution in [0.1, 0.15) is 30.9 Å². The molecule has 0 saturated heterocycles. The average Bonchev–Trinajstić information content (AvgIpc) is 3.00. The molecular formula is C37H38N2O2. The molecule has 208 valence electrons. The first kappa shape index (κ1) is 32.2. The quantitative estimate of drug-likeness (QED) is 0.141. The molecule has 3 N–H and O–H groups in total. The molecule has 1 aromatic carbocycles. The zero-order chi connectivity index (χ0) is 29.9. The van der Waals surface area contributed by atoms with Gasteiger partial charge >= 0.3 is 0 Å². The lowest BCUT2D eigenvalue weighted by atomic mass is 9.96. The smallest absolute Gasteiger partial charge is 0.131 e. The van der Waals surface area contributed by atoms with Gasteiger partial charge in [-0.15, -0.1) is 12.3 Å². The molecule has 0 fully saturated rings. The molecule has 4 heteroatoms. The van der Waals surface area contributed by atoms with Crippen LogP contribution in [0, 0.1) is 37.0 Å². The van der Waals surface area contributed by atoms with Gasteiger partial charge in [0.1, 0.15) is 5.84 Å². The van der Waals surface area contributed by atoms with Gasteiger partial charge in [0.25, 0.3) is 0 Å². The Bertz CT molecular complexity index is 1450. The number of terminal acetylenes is 1. The van der Waals surface area contributed by atoms with Crippen LogP contribution in [0.5, 0.6) is 0 Å². The van der Waals surface area contributed by atoms with Crippen LogP contribution in [0.3, 0.4) is 0 Å². The van der Waals surface area contributed by atoms with Crippen LogP contribution in [0.2, 0.25) is 0 Å². The van der Waals surface area contributed by atoms with E-state index in [1.54, 1.807) is 37.7 Å². The van der Waals surface area contributed by atoms with E-state index < -0.39 is 0 Å². The van der Waals surface area contributed by atoms with Gasteiger partial charge in [0.05, 0.1) is 30.7 Å². The SMILES string of the molecule is C#CC1/C=C\C=C/O\C=C/C(C(=C/CC(/C=C\CO)=C/C(=C)C/C=C\C#CC)/N=C(N)c2ccc(C)cc2)=C\C1=C. The van der Waals surface area contributed by atoms with Crippen LogP contribution in [-0.4, -0.2) is 17.5 Å². The Morgan fingerprint density at radius 2 is 1.95 bits per heavy atom. The van der Waals surface area contributed by atoms with E-state index in [1.165, 1.54) is 0 Å². The number of aryl methyl sites for hydroxylation is 1. The molecule has 0 aliphatic carbocycles. The van der Waals surface area contributed by atoms with E-state index >= 15 is 0 Å². The summed E-state index contributed by atoms with van der Waals surface area (Å²) in [4.78, 5) is 4.84. The van der Waals surface area contributed by atoms with E-state index in [1.807, 2.05) is 79.8 Å². The van der Waals surface area contributed by atoms with Crippen molar-refractivity contribution in [2.75, 3.05) is 6.61 Å². The monoisotopic (exact) mass is 542 g/mol. The highest BCUT2D eigenvalue weighted by molar-refractivity contribution is 5.98. The van der Waals surface area contributed by atoms with Crippen molar-refractivity contribution in [2.45, 2.75) is 26.7 Å². The fourth-order valence-electron chi connectivity index (χ4n) is 3.62. The van der Waals surface area contributed by atoms with Gasteiger partial charge in [0, 0.05) is 11.1 Å². The normalized spacial score (nSPS) is 20.1. The molecule has 1 aliphatic rings. The summed E-state index contributed by atoms with van der Waals surface area (Å²) in [5, 5.41) is 9.42. The molecule has 1 atom stereocenters. The van der Waals surface area contributed by atoms with E-state index in [4.69, 9.17) is 21.9 Å². The first-order valence-electron chi connectivity index (χ1n) is 13.2. The van der Waals surface area contributed by atoms with Gasteiger partial charge in [-0.1, -0.05) is 103 Å². The van der Waals surface area contributed by atoms with Gasteiger partial charge in [-0.25, -0.2) is 4.99 Å². The number of rotatable bonds is 10. The molecule has 1 unspecified atom stereocenters. The second-order valence-corrected chi connectivity index (χ2v) is 9.09. The Morgan fingerprint density at radius 3 is 2.66 bits per heavy atom. The van der Waals surface area contributed by atoms with Crippen molar-refractivity contribution in [3.8, 4) is 24.2 Å². The summed E-state index contributed by atoms with van der Waals surface area (Å²) in [6.45, 7) is 12.1. The molecule has 2 rings (SSSR count). The summed E-state index contributed by atoms with van der Waals surface area (Å²) in [7, 11) is 0. The highest BCUT2D eigenvalue weighted by Gasteiger charge is 2.10. The van der Waals surface area contributed by atoms with E-state index in [-0.39, 0.29) is 12.5 Å². The predicted octanol–water partition coefficient (Wildman–Crippen LogP) is 7.32. The van der Waals surface area contributed by atoms with Crippen molar-refractivity contribution in [3.05, 3.63) is 156 Å². The lowest BCUT2D eigenvalue weighted by Gasteiger charge is -2.11. The molecule has 4 nitrogen and oxygen atoms in total. The molecule has 1 aromatic rings. The summed E-state index contributed by atoms with van der Waals surface area (Å²) in [6.07, 6.45) is 30.5. The fourth-order valence-corrected chi connectivity index (χ4v) is 3.62. The Balaban J connectivity index is 2.61. The van der Waals surface area contributed by atoms with Gasteiger partial charge < -0.3 is 15.6 Å². The molecule has 1 heterocycles. The number of hydrogen-bond donors (Lipinski definition) is 2. The molecule has 0 bridgehead atoms. The zero-order valence-corrected chi connectivity index (χ0v) is 23.9. The average molecular weight is 543 g/mol. The Hall–Kier alpha value is -5.03. The molecule has 41 heavy (non-hydrogen) atoms. The molecule has 0 aromatic heterocycles. The van der Waals surface area contributed by atoms with Crippen molar-refractivity contribution in [1.29, 1.82) is 0 Å². The summed E-state index contributed by atoms with van der Waals surface area (Å²) >= 11 is 0. The van der Waals surface area contributed by atoms with Gasteiger partial charge in [0.2, 0.25) is 0 Å². The van der Waals surface area contributed by atoms with Crippen molar-refractivity contribution in [1.82, 2.24) is 0 Å². The third-order valence-corrected chi connectivity index (χ3v) is 5.79. The van der Waals surface area contributed by atoms with Crippen molar-refractivity contribution >= 4 is 5.84 Å². The van der Waals surface area contributed by atoms with E-state index in [2.05, 4.69) is 30.9 Å². The second-order valence-electron chi connectivity index (χ2n) is 9.09. The van der Waals surface area contributed by atoms with Crippen molar-refractivity contribution < 1.29 is 9.84 Å². The third kappa shape index (κ3) is 12.1. The number of allylic oxidation sites excluding steroid dienone is 13. The molecule has 0 amide bonds. The molecule has 0 spiro atoms. The standard InChI is InChI=1S/C37H38N2O2/c1-6-8-9-10-14-30(4)27-32(15-13-24-40)19-22-36(39-37(38)34-20-17-29(3)18-21-34)35-23-26-41-25-12-11-16-33(7-2)31(5)28-35/h2,9-13,15-18,20-23,25-28,33,40H,4-5,14,19,24H2,1,3H3,(H2,38,39)/b10-9-,15-13-,16-11-,25-12-,26-23-,32-27+,35-28+,36-22-. The number of ether oxygens (including phenoxy) is 1. The summed E-state index contributed by atoms with van der Waals surface area (Å²) < 4.78 is 5.52. The lowest BCUT2D eigenvalue weighted by Crippen LogP contribution is -2.14. The highest BCUT2D eigenvalue weighted by Crippen LogP contribution is 2.23. The largest absolute Gasteiger partial charge is 0.473 e. The van der Waals surface area contributed by atoms with Crippen molar-refractivity contribution in [2.24, 2.45) is 16.6 Å². The van der Waals surface area contributed by atoms with Crippen LogP contribution >= 0.6 is 0 Å². The van der Waals surface area contributed by atoms with Crippen LogP contribution < -0.4 is 5.73 Å². The Kier molecular flexibility index (Phi) is 14.4. The van der Waals surface area contributed by atoms with E-state index in [0.29, 0.717) is 24.4 Å². The number of nitrogens with zero attached hydrogens (tertiary/aromatic N) is 1. The highest BCUT2D eigenvalue weighted by atomic mass is 16.5. The number of aliphatic hydroxyl groups is 1. The number of benzene rings is 1. The minimum Gasteiger partial charge on any atom is -0.473 e. The third-order valence-electron chi connectivity index (χ3n) is 5.79. The minimum absolute atomic E-state index is 0.0789. The van der Waals surface area contributed by atoms with Crippen LogP contribution in [0.15, 0.2) is 150 Å². The Labute approximate surface area is 245 Å². The topological polar surface area (TPSA) is 67.8 Å². The molecule has 0 radical (unpaired) electrons. The fraction of sp³-hybridized carbons (Fsp3) is 0.162. The molecule has 0 saturated carbocycles. The number of nitrogens with two attached hydrogens (primary N) is 1. The number of amidine groups is 1. The predicted molar refractivity (Wildman–Crippen MR) is 173 cm³/mol. The maximum absolute atomic E-state index is 9.42. The van der Waals surface area contributed by atoms with Crippen molar-refractivity contribution in [3.63, 3.8) is 0 Å². The van der Waals surface area contributed by atoms with Gasteiger partial charge in [-0.3, -0.25) is 0 Å². The minimum atomic E-state index is -0.308. The Morgan fingerprint density at radius 1 is 1.17 bits per heavy atom. The van der Waals surface area contributed by atoms with E-state index in [0.717, 1.165) is 33.4 Å². The van der Waals surface area contributed by atoms with Crippen LogP contribution in [-0.2, 0) is 4.74 Å². The van der Waals surface area contributed by atoms with E-state index in [9.17, 15) is 5.11 Å². The molecule has 1 aliphatic heterocycles. The second kappa shape index (κ2) is 18.3. The van der Waals surface area contributed by atoms with Gasteiger partial charge in [0.15, 0.2) is 0 Å². The number of aliphatic imine (C=N–C) groups is 1. The number of aliphatic hydroxyl groups excluding tert-OH is 1. The summed E-state index contributed by atoms with van der Waals surface area (Å²) in [6, 6.07) is 7.86. The summed E-state index contributed by atoms with van der Waals surface area (Å²) in [5.41, 5.74) is 12.3. The van der Waals surface area contributed by atoms with Gasteiger partial charge in [-0.2, -0.15) is 0 Å². The maximum Gasteiger partial charge on any atom is 0.131 e. The summed E-state index contributed by atoms with van der Waals surface area (Å²) in [5.74, 6) is 8.57. The van der Waals surface area contributed by atoms with Crippen LogP contribution in [0.4, 0.5) is 0 Å². The number of hydrogen-bond acceptors (Lipinski definition) is 3. The van der Waals surface area contributed by atoms with Crippen LogP contribution in [0.25, 0.3) is 0 Å². The lowest BCUT2D eigenvalue weighted by molar-refractivity contribution is 0.342. The molecular weight excluding hydrogens is 504 g/mol. The first-order chi connectivity index (χ1) is 19.9. The van der Waals surface area contributed by atoms with Gasteiger partial charge in [-0.05, 0) is 62.1 Å².